The van der Waals surface area contributed by atoms with Gasteiger partial charge < -0.3 is 4.90 Å². The highest BCUT2D eigenvalue weighted by atomic mass is 16.1. The summed E-state index contributed by atoms with van der Waals surface area (Å²) < 4.78 is 3.30. The number of rotatable bonds is 3. The van der Waals surface area contributed by atoms with E-state index < -0.39 is 0 Å². The van der Waals surface area contributed by atoms with Crippen LogP contribution in [0.1, 0.15) is 29.4 Å². The highest BCUT2D eigenvalue weighted by Gasteiger charge is 2.22. The molecular weight excluding hydrogens is 378 g/mol. The second-order valence-electron chi connectivity index (χ2n) is 7.74. The molecule has 0 saturated heterocycles. The number of fused-ring (bicyclic) bond motifs is 2. The maximum absolute atomic E-state index is 12.4. The van der Waals surface area contributed by atoms with Gasteiger partial charge in [-0.1, -0.05) is 0 Å². The molecule has 4 aromatic rings. The van der Waals surface area contributed by atoms with Gasteiger partial charge in [-0.3, -0.25) is 14.5 Å². The van der Waals surface area contributed by atoms with Crippen LogP contribution in [0.4, 0.5) is 5.82 Å². The predicted molar refractivity (Wildman–Crippen MR) is 115 cm³/mol. The van der Waals surface area contributed by atoms with Gasteiger partial charge in [0.2, 0.25) is 0 Å². The molecule has 1 aliphatic heterocycles. The summed E-state index contributed by atoms with van der Waals surface area (Å²) in [6.07, 6.45) is 6.69. The molecule has 8 nitrogen and oxygen atoms in total. The van der Waals surface area contributed by atoms with E-state index in [0.717, 1.165) is 47.7 Å². The Morgan fingerprint density at radius 3 is 2.77 bits per heavy atom. The topological polar surface area (TPSA) is 81.2 Å². The Morgan fingerprint density at radius 1 is 1.10 bits per heavy atom. The summed E-state index contributed by atoms with van der Waals surface area (Å²) >= 11 is 0. The van der Waals surface area contributed by atoms with Crippen LogP contribution in [0.2, 0.25) is 0 Å². The van der Waals surface area contributed by atoms with E-state index in [4.69, 9.17) is 4.98 Å². The quantitative estimate of drug-likeness (QED) is 0.525. The molecule has 5 heterocycles. The van der Waals surface area contributed by atoms with E-state index in [2.05, 4.69) is 33.1 Å². The molecular formula is C22H23N7O. The Bertz CT molecular complexity index is 1320. The molecule has 0 N–H and O–H groups in total. The molecule has 30 heavy (non-hydrogen) atoms. The van der Waals surface area contributed by atoms with E-state index in [1.54, 1.807) is 0 Å². The van der Waals surface area contributed by atoms with Crippen molar-refractivity contribution in [2.45, 2.75) is 40.3 Å². The number of aryl methyl sites for hydroxylation is 3. The molecule has 0 saturated carbocycles. The molecule has 0 fully saturated rings. The zero-order valence-corrected chi connectivity index (χ0v) is 17.3. The Morgan fingerprint density at radius 2 is 1.97 bits per heavy atom. The van der Waals surface area contributed by atoms with Crippen LogP contribution in [0.5, 0.6) is 0 Å². The van der Waals surface area contributed by atoms with E-state index in [0.29, 0.717) is 17.9 Å². The van der Waals surface area contributed by atoms with Gasteiger partial charge in [-0.2, -0.15) is 9.61 Å². The normalized spacial score (nSPS) is 13.6. The molecule has 0 bridgehead atoms. The molecule has 5 rings (SSSR count). The summed E-state index contributed by atoms with van der Waals surface area (Å²) in [6, 6.07) is 5.64. The number of nitrogens with zero attached hydrogens (tertiary/aromatic N) is 7. The van der Waals surface area contributed by atoms with Crippen LogP contribution in [0, 0.1) is 13.8 Å². The smallest absolute Gasteiger partial charge is 0.274 e. The summed E-state index contributed by atoms with van der Waals surface area (Å²) in [5.74, 6) is 0.810. The molecule has 8 heteroatoms. The van der Waals surface area contributed by atoms with Gasteiger partial charge in [0, 0.05) is 67.0 Å². The summed E-state index contributed by atoms with van der Waals surface area (Å²) in [4.78, 5) is 23.8. The van der Waals surface area contributed by atoms with Crippen LogP contribution < -0.4 is 10.5 Å². The summed E-state index contributed by atoms with van der Waals surface area (Å²) in [5, 5.41) is 9.01. The molecule has 1 aliphatic rings. The molecule has 0 atom stereocenters. The van der Waals surface area contributed by atoms with Crippen molar-refractivity contribution in [3.8, 4) is 11.1 Å². The van der Waals surface area contributed by atoms with Gasteiger partial charge in [-0.25, -0.2) is 4.98 Å². The minimum Gasteiger partial charge on any atom is -0.350 e. The Balaban J connectivity index is 1.51. The Kier molecular flexibility index (Phi) is 4.34. The maximum atomic E-state index is 12.4. The van der Waals surface area contributed by atoms with Gasteiger partial charge in [-0.15, -0.1) is 5.10 Å². The summed E-state index contributed by atoms with van der Waals surface area (Å²) in [7, 11) is 0. The Hall–Kier alpha value is -3.55. The largest absolute Gasteiger partial charge is 0.350 e. The van der Waals surface area contributed by atoms with Crippen LogP contribution in [-0.2, 0) is 19.5 Å². The summed E-state index contributed by atoms with van der Waals surface area (Å²) in [6.45, 7) is 8.25. The summed E-state index contributed by atoms with van der Waals surface area (Å²) in [5.41, 5.74) is 6.55. The molecule has 0 aliphatic carbocycles. The number of hydrogen-bond acceptors (Lipinski definition) is 6. The first-order chi connectivity index (χ1) is 14.5. The van der Waals surface area contributed by atoms with Crippen LogP contribution in [-0.4, -0.2) is 35.9 Å². The second kappa shape index (κ2) is 7.05. The second-order valence-corrected chi connectivity index (χ2v) is 7.74. The van der Waals surface area contributed by atoms with Crippen molar-refractivity contribution < 1.29 is 0 Å². The third-order valence-corrected chi connectivity index (χ3v) is 5.57. The van der Waals surface area contributed by atoms with Gasteiger partial charge in [0.05, 0.1) is 6.20 Å². The molecule has 0 radical (unpaired) electrons. The fourth-order valence-corrected chi connectivity index (χ4v) is 4.00. The lowest BCUT2D eigenvalue weighted by Crippen LogP contribution is -2.33. The first-order valence-corrected chi connectivity index (χ1v) is 10.2. The lowest BCUT2D eigenvalue weighted by molar-refractivity contribution is 0.660. The fourth-order valence-electron chi connectivity index (χ4n) is 4.00. The van der Waals surface area contributed by atoms with Crippen molar-refractivity contribution in [2.75, 3.05) is 11.4 Å². The van der Waals surface area contributed by atoms with Gasteiger partial charge in [0.15, 0.2) is 11.5 Å². The van der Waals surface area contributed by atoms with Crippen LogP contribution >= 0.6 is 0 Å². The SMILES string of the molecule is CCn1cc(-c2cnc3c(c2)CN(c2nn4c(=O)cc(C)nc4cc2C)CC3)cn1. The highest BCUT2D eigenvalue weighted by molar-refractivity contribution is 5.63. The molecule has 0 unspecified atom stereocenters. The van der Waals surface area contributed by atoms with Crippen LogP contribution in [0.25, 0.3) is 16.8 Å². The van der Waals surface area contributed by atoms with Gasteiger partial charge in [-0.05, 0) is 44.0 Å². The van der Waals surface area contributed by atoms with Crippen molar-refractivity contribution in [3.05, 3.63) is 69.7 Å². The third-order valence-electron chi connectivity index (χ3n) is 5.57. The van der Waals surface area contributed by atoms with Crippen molar-refractivity contribution in [2.24, 2.45) is 0 Å². The van der Waals surface area contributed by atoms with Crippen molar-refractivity contribution in [1.82, 2.24) is 29.4 Å². The average molecular weight is 401 g/mol. The molecule has 152 valence electrons. The number of hydrogen-bond donors (Lipinski definition) is 0. The third kappa shape index (κ3) is 3.14. The first-order valence-electron chi connectivity index (χ1n) is 10.2. The number of pyridine rings is 1. The zero-order chi connectivity index (χ0) is 20.8. The maximum Gasteiger partial charge on any atom is 0.274 e. The predicted octanol–water partition coefficient (Wildman–Crippen LogP) is 2.55. The number of aromatic nitrogens is 6. The van der Waals surface area contributed by atoms with Crippen molar-refractivity contribution >= 4 is 11.5 Å². The monoisotopic (exact) mass is 401 g/mol. The fraction of sp³-hybridized carbons (Fsp3) is 0.318. The number of anilines is 1. The molecule has 0 amide bonds. The molecule has 4 aromatic heterocycles. The lowest BCUT2D eigenvalue weighted by Gasteiger charge is -2.30. The van der Waals surface area contributed by atoms with Gasteiger partial charge in [0.1, 0.15) is 0 Å². The van der Waals surface area contributed by atoms with E-state index >= 15 is 0 Å². The first kappa shape index (κ1) is 18.5. The van der Waals surface area contributed by atoms with Gasteiger partial charge in [0.25, 0.3) is 5.56 Å². The average Bonchev–Trinajstić information content (AvgIpc) is 3.22. The van der Waals surface area contributed by atoms with Crippen molar-refractivity contribution in [3.63, 3.8) is 0 Å². The van der Waals surface area contributed by atoms with E-state index in [1.165, 1.54) is 16.1 Å². The minimum atomic E-state index is -0.159. The van der Waals surface area contributed by atoms with Crippen LogP contribution in [0.3, 0.4) is 0 Å². The Labute approximate surface area is 173 Å². The molecule has 0 spiro atoms. The van der Waals surface area contributed by atoms with E-state index in [9.17, 15) is 4.79 Å². The van der Waals surface area contributed by atoms with Crippen molar-refractivity contribution in [1.29, 1.82) is 0 Å². The standard InChI is InChI=1S/C22H23N7O/c1-4-28-13-18(11-24-28)16-9-17-12-27(6-5-19(17)23-10-16)22-14(2)7-20-25-15(3)8-21(30)29(20)26-22/h7-11,13H,4-6,12H2,1-3H3. The van der Waals surface area contributed by atoms with Crippen LogP contribution in [0.15, 0.2) is 41.6 Å². The molecule has 0 aromatic carbocycles. The minimum absolute atomic E-state index is 0.159. The zero-order valence-electron chi connectivity index (χ0n) is 17.3. The highest BCUT2D eigenvalue weighted by Crippen LogP contribution is 2.28. The lowest BCUT2D eigenvalue weighted by atomic mass is 10.0. The van der Waals surface area contributed by atoms with Gasteiger partial charge >= 0.3 is 0 Å². The van der Waals surface area contributed by atoms with E-state index in [1.807, 2.05) is 43.2 Å². The van der Waals surface area contributed by atoms with E-state index in [-0.39, 0.29) is 5.56 Å².